The van der Waals surface area contributed by atoms with E-state index in [1.807, 2.05) is 6.92 Å². The van der Waals surface area contributed by atoms with Gasteiger partial charge in [-0.25, -0.2) is 4.39 Å². The molecule has 1 aliphatic heterocycles. The summed E-state index contributed by atoms with van der Waals surface area (Å²) in [5, 5.41) is 14.3. The fourth-order valence-corrected chi connectivity index (χ4v) is 2.43. The zero-order valence-electron chi connectivity index (χ0n) is 11.4. The molecule has 20 heavy (non-hydrogen) atoms. The topological polar surface area (TPSA) is 75.5 Å². The van der Waals surface area contributed by atoms with E-state index in [2.05, 4.69) is 5.32 Å². The van der Waals surface area contributed by atoms with Gasteiger partial charge in [-0.15, -0.1) is 0 Å². The molecule has 1 aliphatic rings. The van der Waals surface area contributed by atoms with Crippen molar-refractivity contribution >= 4 is 11.6 Å². The van der Waals surface area contributed by atoms with Crippen molar-refractivity contribution in [2.75, 3.05) is 19.6 Å². The summed E-state index contributed by atoms with van der Waals surface area (Å²) in [6, 6.07) is 2.12. The highest BCUT2D eigenvalue weighted by Gasteiger charge is 2.29. The van der Waals surface area contributed by atoms with Crippen LogP contribution in [0, 0.1) is 22.9 Å². The molecule has 0 spiro atoms. The minimum atomic E-state index is -0.639. The molecule has 108 valence electrons. The molecule has 7 heteroatoms. The molecule has 1 atom stereocenters. The lowest BCUT2D eigenvalue weighted by Gasteiger charge is -2.31. The number of benzene rings is 1. The van der Waals surface area contributed by atoms with Crippen LogP contribution in [0.5, 0.6) is 0 Å². The third kappa shape index (κ3) is 2.77. The first-order chi connectivity index (χ1) is 9.40. The van der Waals surface area contributed by atoms with Gasteiger partial charge in [0.1, 0.15) is 11.4 Å². The van der Waals surface area contributed by atoms with Crippen molar-refractivity contribution in [3.8, 4) is 0 Å². The van der Waals surface area contributed by atoms with E-state index in [9.17, 15) is 19.3 Å². The molecule has 0 saturated carbocycles. The second-order valence-electron chi connectivity index (χ2n) is 4.98. The number of carbonyl (C=O) groups excluding carboxylic acids is 1. The van der Waals surface area contributed by atoms with Gasteiger partial charge in [-0.2, -0.15) is 0 Å². The third-order valence-electron chi connectivity index (χ3n) is 3.33. The Labute approximate surface area is 115 Å². The van der Waals surface area contributed by atoms with E-state index in [-0.39, 0.29) is 22.9 Å². The monoisotopic (exact) mass is 281 g/mol. The number of piperazine rings is 1. The Kier molecular flexibility index (Phi) is 3.99. The molecule has 1 fully saturated rings. The highest BCUT2D eigenvalue weighted by molar-refractivity contribution is 5.98. The predicted molar refractivity (Wildman–Crippen MR) is 71.2 cm³/mol. The van der Waals surface area contributed by atoms with Crippen LogP contribution in [0.25, 0.3) is 0 Å². The Morgan fingerprint density at radius 1 is 1.55 bits per heavy atom. The summed E-state index contributed by atoms with van der Waals surface area (Å²) in [5.74, 6) is -1.13. The van der Waals surface area contributed by atoms with Crippen molar-refractivity contribution in [1.29, 1.82) is 0 Å². The molecule has 1 aromatic carbocycles. The second kappa shape index (κ2) is 5.54. The quantitative estimate of drug-likeness (QED) is 0.658. The lowest BCUT2D eigenvalue weighted by Crippen LogP contribution is -2.51. The van der Waals surface area contributed by atoms with E-state index >= 15 is 0 Å². The van der Waals surface area contributed by atoms with Gasteiger partial charge in [-0.3, -0.25) is 14.9 Å². The lowest BCUT2D eigenvalue weighted by atomic mass is 10.1. The molecule has 6 nitrogen and oxygen atoms in total. The van der Waals surface area contributed by atoms with Gasteiger partial charge in [0.05, 0.1) is 4.92 Å². The summed E-state index contributed by atoms with van der Waals surface area (Å²) < 4.78 is 13.5. The van der Waals surface area contributed by atoms with Crippen molar-refractivity contribution < 1.29 is 14.1 Å². The van der Waals surface area contributed by atoms with E-state index in [0.717, 1.165) is 12.1 Å². The van der Waals surface area contributed by atoms with Crippen LogP contribution >= 0.6 is 0 Å². The average molecular weight is 281 g/mol. The number of nitro groups is 1. The summed E-state index contributed by atoms with van der Waals surface area (Å²) in [5.41, 5.74) is -0.342. The number of rotatable bonds is 2. The van der Waals surface area contributed by atoms with E-state index < -0.39 is 16.6 Å². The van der Waals surface area contributed by atoms with Crippen LogP contribution in [-0.2, 0) is 0 Å². The van der Waals surface area contributed by atoms with E-state index in [0.29, 0.717) is 19.6 Å². The number of carbonyl (C=O) groups is 1. The number of amides is 1. The van der Waals surface area contributed by atoms with E-state index in [1.54, 1.807) is 0 Å². The summed E-state index contributed by atoms with van der Waals surface area (Å²) in [7, 11) is 0. The van der Waals surface area contributed by atoms with Crippen LogP contribution in [0.3, 0.4) is 0 Å². The van der Waals surface area contributed by atoms with Gasteiger partial charge in [-0.05, 0) is 26.0 Å². The first kappa shape index (κ1) is 14.4. The second-order valence-corrected chi connectivity index (χ2v) is 4.98. The lowest BCUT2D eigenvalue weighted by molar-refractivity contribution is -0.385. The zero-order valence-corrected chi connectivity index (χ0v) is 11.4. The maximum Gasteiger partial charge on any atom is 0.285 e. The van der Waals surface area contributed by atoms with E-state index in [1.165, 1.54) is 11.8 Å². The number of nitrogens with one attached hydrogen (secondary N) is 1. The average Bonchev–Trinajstić information content (AvgIpc) is 2.36. The minimum absolute atomic E-state index is 0.112. The van der Waals surface area contributed by atoms with Gasteiger partial charge in [0.2, 0.25) is 0 Å². The Morgan fingerprint density at radius 3 is 2.85 bits per heavy atom. The Balaban J connectivity index is 2.40. The SMILES string of the molecule is Cc1cc(F)cc(C(=O)N2CCNC(C)C2)c1[N+](=O)[O-]. The van der Waals surface area contributed by atoms with Gasteiger partial charge < -0.3 is 10.2 Å². The van der Waals surface area contributed by atoms with E-state index in [4.69, 9.17) is 0 Å². The first-order valence-corrected chi connectivity index (χ1v) is 6.37. The molecule has 1 saturated heterocycles. The van der Waals surface area contributed by atoms with Crippen molar-refractivity contribution in [2.45, 2.75) is 19.9 Å². The van der Waals surface area contributed by atoms with Crippen molar-refractivity contribution in [1.82, 2.24) is 10.2 Å². The van der Waals surface area contributed by atoms with Crippen LogP contribution in [0.15, 0.2) is 12.1 Å². The summed E-state index contributed by atoms with van der Waals surface area (Å²) >= 11 is 0. The number of hydrogen-bond acceptors (Lipinski definition) is 4. The number of hydrogen-bond donors (Lipinski definition) is 1. The number of nitro benzene ring substituents is 1. The largest absolute Gasteiger partial charge is 0.336 e. The van der Waals surface area contributed by atoms with Crippen molar-refractivity contribution in [3.63, 3.8) is 0 Å². The van der Waals surface area contributed by atoms with Gasteiger partial charge in [-0.1, -0.05) is 0 Å². The molecule has 1 heterocycles. The van der Waals surface area contributed by atoms with Crippen LogP contribution < -0.4 is 5.32 Å². The molecule has 0 radical (unpaired) electrons. The molecule has 1 N–H and O–H groups in total. The minimum Gasteiger partial charge on any atom is -0.336 e. The third-order valence-corrected chi connectivity index (χ3v) is 3.33. The molecule has 2 rings (SSSR count). The molecule has 0 bridgehead atoms. The normalized spacial score (nSPS) is 18.9. The Bertz CT molecular complexity index is 562. The molecular formula is C13H16FN3O3. The van der Waals surface area contributed by atoms with Crippen LogP contribution in [0.2, 0.25) is 0 Å². The predicted octanol–water partition coefficient (Wildman–Crippen LogP) is 1.48. The van der Waals surface area contributed by atoms with Crippen LogP contribution in [0.4, 0.5) is 10.1 Å². The Hall–Kier alpha value is -2.02. The molecular weight excluding hydrogens is 265 g/mol. The fraction of sp³-hybridized carbons (Fsp3) is 0.462. The van der Waals surface area contributed by atoms with Gasteiger partial charge >= 0.3 is 0 Å². The molecule has 0 aliphatic carbocycles. The maximum absolute atomic E-state index is 13.5. The van der Waals surface area contributed by atoms with Gasteiger partial charge in [0.25, 0.3) is 11.6 Å². The van der Waals surface area contributed by atoms with Crippen LogP contribution in [-0.4, -0.2) is 41.4 Å². The molecule has 1 aromatic rings. The summed E-state index contributed by atoms with van der Waals surface area (Å²) in [6.07, 6.45) is 0. The Morgan fingerprint density at radius 2 is 2.25 bits per heavy atom. The first-order valence-electron chi connectivity index (χ1n) is 6.37. The molecule has 0 aromatic heterocycles. The van der Waals surface area contributed by atoms with Crippen molar-refractivity contribution in [2.24, 2.45) is 0 Å². The van der Waals surface area contributed by atoms with Gasteiger partial charge in [0.15, 0.2) is 0 Å². The summed E-state index contributed by atoms with van der Waals surface area (Å²) in [4.78, 5) is 24.4. The standard InChI is InChI=1S/C13H16FN3O3/c1-8-5-10(14)6-11(12(8)17(19)20)13(18)16-4-3-15-9(2)7-16/h5-6,9,15H,3-4,7H2,1-2H3. The molecule has 1 amide bonds. The molecule has 1 unspecified atom stereocenters. The summed E-state index contributed by atoms with van der Waals surface area (Å²) in [6.45, 7) is 4.87. The highest BCUT2D eigenvalue weighted by Crippen LogP contribution is 2.26. The highest BCUT2D eigenvalue weighted by atomic mass is 19.1. The zero-order chi connectivity index (χ0) is 14.9. The van der Waals surface area contributed by atoms with Gasteiger partial charge in [0, 0.05) is 31.2 Å². The smallest absolute Gasteiger partial charge is 0.285 e. The number of aryl methyl sites for hydroxylation is 1. The number of nitrogens with zero attached hydrogens (tertiary/aromatic N) is 2. The number of halogens is 1. The fourth-order valence-electron chi connectivity index (χ4n) is 2.43. The van der Waals surface area contributed by atoms with Crippen molar-refractivity contribution in [3.05, 3.63) is 39.2 Å². The van der Waals surface area contributed by atoms with Crippen LogP contribution in [0.1, 0.15) is 22.8 Å². The maximum atomic E-state index is 13.5.